The summed E-state index contributed by atoms with van der Waals surface area (Å²) < 4.78 is 5.27. The van der Waals surface area contributed by atoms with Crippen LogP contribution in [0, 0.1) is 0 Å². The molecule has 3 aromatic rings. The zero-order chi connectivity index (χ0) is 18.4. The van der Waals surface area contributed by atoms with E-state index in [4.69, 9.17) is 4.52 Å². The lowest BCUT2D eigenvalue weighted by atomic mass is 10.1. The van der Waals surface area contributed by atoms with Crippen molar-refractivity contribution < 1.29 is 9.32 Å². The number of benzene rings is 1. The number of rotatable bonds is 8. The maximum absolute atomic E-state index is 12.3. The summed E-state index contributed by atoms with van der Waals surface area (Å²) in [7, 11) is 0. The van der Waals surface area contributed by atoms with Gasteiger partial charge in [0.05, 0.1) is 12.2 Å². The number of aromatic nitrogens is 2. The highest BCUT2D eigenvalue weighted by atomic mass is 32.1. The van der Waals surface area contributed by atoms with Gasteiger partial charge >= 0.3 is 0 Å². The molecule has 0 unspecified atom stereocenters. The van der Waals surface area contributed by atoms with Crippen LogP contribution in [0.4, 0.5) is 0 Å². The number of carbonyl (C=O) groups excluding carboxylic acids is 1. The normalized spacial score (nSPS) is 11.0. The summed E-state index contributed by atoms with van der Waals surface area (Å²) >= 11 is 1.56. The van der Waals surface area contributed by atoms with Gasteiger partial charge in [-0.3, -0.25) is 9.69 Å². The molecule has 0 saturated heterocycles. The molecule has 0 saturated carbocycles. The SMILES string of the molecule is CCN(CC)Cc1csc(CNC(=O)c2cc(-c3ccccc3)on2)n1. The van der Waals surface area contributed by atoms with Crippen LogP contribution in [0.25, 0.3) is 11.3 Å². The largest absolute Gasteiger partial charge is 0.355 e. The highest BCUT2D eigenvalue weighted by molar-refractivity contribution is 7.09. The van der Waals surface area contributed by atoms with Gasteiger partial charge in [0.1, 0.15) is 5.01 Å². The lowest BCUT2D eigenvalue weighted by Crippen LogP contribution is -2.23. The van der Waals surface area contributed by atoms with E-state index in [1.54, 1.807) is 17.4 Å². The highest BCUT2D eigenvalue weighted by Crippen LogP contribution is 2.19. The molecule has 136 valence electrons. The van der Waals surface area contributed by atoms with E-state index in [1.165, 1.54) is 0 Å². The minimum Gasteiger partial charge on any atom is -0.355 e. The Balaban J connectivity index is 1.56. The third kappa shape index (κ3) is 4.56. The third-order valence-electron chi connectivity index (χ3n) is 4.08. The maximum Gasteiger partial charge on any atom is 0.273 e. The first kappa shape index (κ1) is 18.3. The van der Waals surface area contributed by atoms with E-state index in [0.29, 0.717) is 12.3 Å². The molecule has 0 radical (unpaired) electrons. The summed E-state index contributed by atoms with van der Waals surface area (Å²) in [5.41, 5.74) is 2.19. The molecule has 1 aromatic carbocycles. The number of thiazole rings is 1. The van der Waals surface area contributed by atoms with Gasteiger partial charge < -0.3 is 9.84 Å². The zero-order valence-corrected chi connectivity index (χ0v) is 15.8. The number of nitrogens with one attached hydrogen (secondary N) is 1. The summed E-state index contributed by atoms with van der Waals surface area (Å²) in [4.78, 5) is 19.2. The molecule has 7 heteroatoms. The Morgan fingerprint density at radius 1 is 1.23 bits per heavy atom. The molecule has 0 aliphatic heterocycles. The predicted octanol–water partition coefficient (Wildman–Crippen LogP) is 3.57. The van der Waals surface area contributed by atoms with Gasteiger partial charge in [-0.15, -0.1) is 11.3 Å². The summed E-state index contributed by atoms with van der Waals surface area (Å²) in [5.74, 6) is 0.308. The van der Waals surface area contributed by atoms with Crippen LogP contribution in [0.15, 0.2) is 46.3 Å². The van der Waals surface area contributed by atoms with Gasteiger partial charge in [0.25, 0.3) is 5.91 Å². The Morgan fingerprint density at radius 2 is 2.00 bits per heavy atom. The summed E-state index contributed by atoms with van der Waals surface area (Å²) in [6.45, 7) is 7.49. The van der Waals surface area contributed by atoms with E-state index in [-0.39, 0.29) is 11.6 Å². The van der Waals surface area contributed by atoms with Gasteiger partial charge in [-0.1, -0.05) is 49.3 Å². The van der Waals surface area contributed by atoms with Crippen LogP contribution in [0.1, 0.15) is 35.0 Å². The van der Waals surface area contributed by atoms with E-state index in [9.17, 15) is 4.79 Å². The monoisotopic (exact) mass is 370 g/mol. The Labute approximate surface area is 156 Å². The Kier molecular flexibility index (Phi) is 6.14. The second-order valence-corrected chi connectivity index (χ2v) is 6.76. The molecule has 0 bridgehead atoms. The molecule has 3 rings (SSSR count). The fraction of sp³-hybridized carbons (Fsp3) is 0.316. The number of hydrogen-bond acceptors (Lipinski definition) is 6. The van der Waals surface area contributed by atoms with Gasteiger partial charge in [0.15, 0.2) is 11.5 Å². The van der Waals surface area contributed by atoms with Crippen LogP contribution in [-0.4, -0.2) is 34.0 Å². The van der Waals surface area contributed by atoms with Crippen molar-refractivity contribution in [2.75, 3.05) is 13.1 Å². The Bertz CT molecular complexity index is 840. The van der Waals surface area contributed by atoms with Crippen molar-refractivity contribution in [2.24, 2.45) is 0 Å². The average molecular weight is 370 g/mol. The first-order chi connectivity index (χ1) is 12.7. The van der Waals surface area contributed by atoms with Gasteiger partial charge in [0.2, 0.25) is 0 Å². The second-order valence-electron chi connectivity index (χ2n) is 5.82. The van der Waals surface area contributed by atoms with Gasteiger partial charge in [-0.05, 0) is 13.1 Å². The fourth-order valence-corrected chi connectivity index (χ4v) is 3.27. The molecule has 2 aromatic heterocycles. The number of amides is 1. The van der Waals surface area contributed by atoms with Crippen molar-refractivity contribution in [1.29, 1.82) is 0 Å². The quantitative estimate of drug-likeness (QED) is 0.656. The van der Waals surface area contributed by atoms with E-state index >= 15 is 0 Å². The standard InChI is InChI=1S/C19H22N4O2S/c1-3-23(4-2)12-15-13-26-18(21-15)11-20-19(24)16-10-17(25-22-16)14-8-6-5-7-9-14/h5-10,13H,3-4,11-12H2,1-2H3,(H,20,24). The van der Waals surface area contributed by atoms with Crippen molar-refractivity contribution in [3.05, 3.63) is 58.2 Å². The van der Waals surface area contributed by atoms with Crippen LogP contribution in [-0.2, 0) is 13.1 Å². The first-order valence-corrected chi connectivity index (χ1v) is 9.53. The highest BCUT2D eigenvalue weighted by Gasteiger charge is 2.14. The van der Waals surface area contributed by atoms with E-state index in [1.807, 2.05) is 35.7 Å². The number of carbonyl (C=O) groups is 1. The molecule has 1 N–H and O–H groups in total. The second kappa shape index (κ2) is 8.73. The molecule has 0 atom stereocenters. The van der Waals surface area contributed by atoms with Crippen molar-refractivity contribution in [3.8, 4) is 11.3 Å². The molecule has 0 spiro atoms. The zero-order valence-electron chi connectivity index (χ0n) is 14.9. The molecular formula is C19H22N4O2S. The minimum absolute atomic E-state index is 0.267. The molecule has 0 aliphatic rings. The lowest BCUT2D eigenvalue weighted by Gasteiger charge is -2.15. The van der Waals surface area contributed by atoms with E-state index in [0.717, 1.165) is 35.9 Å². The molecule has 2 heterocycles. The topological polar surface area (TPSA) is 71.3 Å². The van der Waals surface area contributed by atoms with Gasteiger partial charge in [0, 0.05) is 23.6 Å². The molecule has 1 amide bonds. The van der Waals surface area contributed by atoms with Crippen LogP contribution in [0.2, 0.25) is 0 Å². The van der Waals surface area contributed by atoms with Gasteiger partial charge in [-0.2, -0.15) is 0 Å². The van der Waals surface area contributed by atoms with Crippen molar-refractivity contribution in [1.82, 2.24) is 20.4 Å². The molecule has 26 heavy (non-hydrogen) atoms. The van der Waals surface area contributed by atoms with Crippen LogP contribution < -0.4 is 5.32 Å². The number of hydrogen-bond donors (Lipinski definition) is 1. The Hall–Kier alpha value is -2.51. The summed E-state index contributed by atoms with van der Waals surface area (Å²) in [6, 6.07) is 11.2. The minimum atomic E-state index is -0.267. The first-order valence-electron chi connectivity index (χ1n) is 8.65. The van der Waals surface area contributed by atoms with Crippen LogP contribution >= 0.6 is 11.3 Å². The fourth-order valence-electron chi connectivity index (χ4n) is 2.55. The molecular weight excluding hydrogens is 348 g/mol. The molecule has 0 aliphatic carbocycles. The molecule has 0 fully saturated rings. The van der Waals surface area contributed by atoms with Crippen LogP contribution in [0.5, 0.6) is 0 Å². The smallest absolute Gasteiger partial charge is 0.273 e. The van der Waals surface area contributed by atoms with Crippen molar-refractivity contribution in [2.45, 2.75) is 26.9 Å². The maximum atomic E-state index is 12.3. The van der Waals surface area contributed by atoms with Crippen molar-refractivity contribution >= 4 is 17.2 Å². The predicted molar refractivity (Wildman–Crippen MR) is 102 cm³/mol. The third-order valence-corrected chi connectivity index (χ3v) is 4.98. The number of nitrogens with zero attached hydrogens (tertiary/aromatic N) is 3. The van der Waals surface area contributed by atoms with Gasteiger partial charge in [-0.25, -0.2) is 4.98 Å². The average Bonchev–Trinajstić information content (AvgIpc) is 3.34. The van der Waals surface area contributed by atoms with Crippen LogP contribution in [0.3, 0.4) is 0 Å². The van der Waals surface area contributed by atoms with E-state index in [2.05, 4.69) is 34.2 Å². The summed E-state index contributed by atoms with van der Waals surface area (Å²) in [6.07, 6.45) is 0. The Morgan fingerprint density at radius 3 is 2.73 bits per heavy atom. The van der Waals surface area contributed by atoms with E-state index < -0.39 is 0 Å². The molecule has 6 nitrogen and oxygen atoms in total. The summed E-state index contributed by atoms with van der Waals surface area (Å²) in [5, 5.41) is 9.64. The van der Waals surface area contributed by atoms with Crippen molar-refractivity contribution in [3.63, 3.8) is 0 Å². The lowest BCUT2D eigenvalue weighted by molar-refractivity contribution is 0.0942.